The summed E-state index contributed by atoms with van der Waals surface area (Å²) < 4.78 is 0. The van der Waals surface area contributed by atoms with Crippen LogP contribution in [0.2, 0.25) is 0 Å². The minimum Gasteiger partial charge on any atom is -0.480 e. The van der Waals surface area contributed by atoms with Crippen molar-refractivity contribution in [2.75, 3.05) is 6.54 Å². The molecule has 4 rings (SSSR count). The fourth-order valence-electron chi connectivity index (χ4n) is 4.20. The van der Waals surface area contributed by atoms with Gasteiger partial charge in [-0.1, -0.05) is 98.8 Å². The molecule has 1 heterocycles. The van der Waals surface area contributed by atoms with Gasteiger partial charge in [-0.05, 0) is 28.2 Å². The van der Waals surface area contributed by atoms with Gasteiger partial charge in [-0.25, -0.2) is 0 Å². The SMILES string of the molecule is CC(C)c1cccc(C(c2ccccc2)(c2ccccc2)N2C[C@@H]2C(=O)O)c1. The Kier molecular flexibility index (Phi) is 4.78. The molecule has 3 aromatic rings. The van der Waals surface area contributed by atoms with Gasteiger partial charge >= 0.3 is 5.97 Å². The van der Waals surface area contributed by atoms with Crippen molar-refractivity contribution >= 4 is 5.97 Å². The summed E-state index contributed by atoms with van der Waals surface area (Å²) in [4.78, 5) is 13.9. The molecule has 0 radical (unpaired) electrons. The summed E-state index contributed by atoms with van der Waals surface area (Å²) in [6.45, 7) is 4.90. The average molecular weight is 371 g/mol. The first-order valence-electron chi connectivity index (χ1n) is 9.76. The molecule has 3 nitrogen and oxygen atoms in total. The van der Waals surface area contributed by atoms with E-state index in [0.717, 1.165) is 16.7 Å². The summed E-state index contributed by atoms with van der Waals surface area (Å²) in [5, 5.41) is 9.73. The monoisotopic (exact) mass is 371 g/mol. The van der Waals surface area contributed by atoms with Crippen LogP contribution in [-0.4, -0.2) is 28.6 Å². The molecule has 0 amide bonds. The number of rotatable bonds is 6. The summed E-state index contributed by atoms with van der Waals surface area (Å²) >= 11 is 0. The number of hydrogen-bond donors (Lipinski definition) is 1. The Balaban J connectivity index is 2.02. The number of nitrogens with zero attached hydrogens (tertiary/aromatic N) is 1. The molecular weight excluding hydrogens is 346 g/mol. The first kappa shape index (κ1) is 18.5. The zero-order valence-electron chi connectivity index (χ0n) is 16.2. The lowest BCUT2D eigenvalue weighted by molar-refractivity contribution is -0.137. The Morgan fingerprint density at radius 3 is 1.89 bits per heavy atom. The standard InChI is InChI=1S/C25H25NO2/c1-18(2)19-10-9-15-22(16-19)25(20-11-5-3-6-12-20,21-13-7-4-8-14-21)26-17-23(26)24(27)28/h3-16,18,23H,17H2,1-2H3,(H,27,28)/t23-,26?/m1/s1. The fourth-order valence-corrected chi connectivity index (χ4v) is 4.20. The third kappa shape index (κ3) is 3.02. The van der Waals surface area contributed by atoms with Crippen LogP contribution in [0, 0.1) is 0 Å². The van der Waals surface area contributed by atoms with E-state index in [-0.39, 0.29) is 0 Å². The summed E-state index contributed by atoms with van der Waals surface area (Å²) in [5.41, 5.74) is 3.91. The van der Waals surface area contributed by atoms with Gasteiger partial charge in [-0.2, -0.15) is 0 Å². The van der Waals surface area contributed by atoms with Crippen LogP contribution in [0.3, 0.4) is 0 Å². The average Bonchev–Trinajstić information content (AvgIpc) is 3.52. The van der Waals surface area contributed by atoms with Crippen LogP contribution in [0.4, 0.5) is 0 Å². The molecule has 1 N–H and O–H groups in total. The zero-order valence-corrected chi connectivity index (χ0v) is 16.2. The molecule has 0 aliphatic carbocycles. The Labute approximate surface area is 166 Å². The summed E-state index contributed by atoms with van der Waals surface area (Å²) in [5.74, 6) is -0.370. The lowest BCUT2D eigenvalue weighted by Crippen LogP contribution is -2.40. The topological polar surface area (TPSA) is 40.3 Å². The Bertz CT molecular complexity index is 927. The zero-order chi connectivity index (χ0) is 19.7. The van der Waals surface area contributed by atoms with Crippen LogP contribution in [0.25, 0.3) is 0 Å². The van der Waals surface area contributed by atoms with Gasteiger partial charge in [0.1, 0.15) is 6.04 Å². The molecule has 0 spiro atoms. The Morgan fingerprint density at radius 1 is 0.893 bits per heavy atom. The number of hydrogen-bond acceptors (Lipinski definition) is 2. The van der Waals surface area contributed by atoms with Crippen molar-refractivity contribution in [1.29, 1.82) is 0 Å². The maximum atomic E-state index is 11.8. The van der Waals surface area contributed by atoms with Gasteiger partial charge in [-0.3, -0.25) is 9.69 Å². The molecule has 0 bridgehead atoms. The van der Waals surface area contributed by atoms with Crippen LogP contribution in [0.15, 0.2) is 84.9 Å². The number of aliphatic carboxylic acids is 1. The Morgan fingerprint density at radius 2 is 1.43 bits per heavy atom. The van der Waals surface area contributed by atoms with Crippen LogP contribution >= 0.6 is 0 Å². The van der Waals surface area contributed by atoms with Gasteiger partial charge in [-0.15, -0.1) is 0 Å². The van der Waals surface area contributed by atoms with E-state index in [9.17, 15) is 9.90 Å². The van der Waals surface area contributed by atoms with E-state index in [2.05, 4.69) is 67.3 Å². The van der Waals surface area contributed by atoms with Crippen molar-refractivity contribution in [3.63, 3.8) is 0 Å². The van der Waals surface area contributed by atoms with E-state index in [4.69, 9.17) is 0 Å². The molecular formula is C25H25NO2. The third-order valence-corrected chi connectivity index (χ3v) is 5.68. The lowest BCUT2D eigenvalue weighted by Gasteiger charge is -2.38. The highest BCUT2D eigenvalue weighted by Crippen LogP contribution is 2.48. The highest BCUT2D eigenvalue weighted by Gasteiger charge is 2.56. The van der Waals surface area contributed by atoms with E-state index in [0.29, 0.717) is 12.5 Å². The first-order valence-corrected chi connectivity index (χ1v) is 9.76. The highest BCUT2D eigenvalue weighted by molar-refractivity contribution is 5.78. The van der Waals surface area contributed by atoms with Crippen molar-refractivity contribution in [3.8, 4) is 0 Å². The molecule has 3 heteroatoms. The van der Waals surface area contributed by atoms with Crippen molar-refractivity contribution in [2.45, 2.75) is 31.3 Å². The molecule has 1 aliphatic rings. The lowest BCUT2D eigenvalue weighted by atomic mass is 9.76. The first-order chi connectivity index (χ1) is 13.5. The van der Waals surface area contributed by atoms with Crippen molar-refractivity contribution in [2.24, 2.45) is 0 Å². The van der Waals surface area contributed by atoms with E-state index < -0.39 is 17.6 Å². The van der Waals surface area contributed by atoms with Gasteiger partial charge < -0.3 is 5.11 Å². The second kappa shape index (κ2) is 7.25. The highest BCUT2D eigenvalue weighted by atomic mass is 16.4. The molecule has 1 aliphatic heterocycles. The van der Waals surface area contributed by atoms with Crippen LogP contribution < -0.4 is 0 Å². The fraction of sp³-hybridized carbons (Fsp3) is 0.240. The van der Waals surface area contributed by atoms with Gasteiger partial charge in [0.05, 0.1) is 5.54 Å². The van der Waals surface area contributed by atoms with Crippen LogP contribution in [0.5, 0.6) is 0 Å². The second-order valence-electron chi connectivity index (χ2n) is 7.73. The molecule has 3 aromatic carbocycles. The molecule has 1 saturated heterocycles. The van der Waals surface area contributed by atoms with Gasteiger partial charge in [0.25, 0.3) is 0 Å². The second-order valence-corrected chi connectivity index (χ2v) is 7.73. The van der Waals surface area contributed by atoms with Crippen molar-refractivity contribution < 1.29 is 9.90 Å². The summed E-state index contributed by atoms with van der Waals surface area (Å²) in [6, 6.07) is 28.6. The van der Waals surface area contributed by atoms with Gasteiger partial charge in [0.15, 0.2) is 0 Å². The summed E-state index contributed by atoms with van der Waals surface area (Å²) in [6.07, 6.45) is 0. The Hall–Kier alpha value is -2.91. The van der Waals surface area contributed by atoms with Crippen LogP contribution in [0.1, 0.15) is 42.0 Å². The molecule has 1 unspecified atom stereocenters. The number of carboxylic acids is 1. The quantitative estimate of drug-likeness (QED) is 0.496. The normalized spacial score (nSPS) is 18.8. The number of carbonyl (C=O) groups is 1. The molecule has 1 fully saturated rings. The minimum absolute atomic E-state index is 0.397. The van der Waals surface area contributed by atoms with Crippen LogP contribution in [-0.2, 0) is 10.3 Å². The van der Waals surface area contributed by atoms with Crippen molar-refractivity contribution in [3.05, 3.63) is 107 Å². The number of carboxylic acid groups (broad SMARTS) is 1. The van der Waals surface area contributed by atoms with E-state index >= 15 is 0 Å². The molecule has 0 saturated carbocycles. The van der Waals surface area contributed by atoms with Gasteiger partial charge in [0, 0.05) is 6.54 Å². The molecule has 142 valence electrons. The molecule has 0 aromatic heterocycles. The van der Waals surface area contributed by atoms with E-state index in [1.165, 1.54) is 5.56 Å². The predicted molar refractivity (Wildman–Crippen MR) is 111 cm³/mol. The summed E-state index contributed by atoms with van der Waals surface area (Å²) in [7, 11) is 0. The molecule has 28 heavy (non-hydrogen) atoms. The minimum atomic E-state index is -0.767. The maximum Gasteiger partial charge on any atom is 0.322 e. The largest absolute Gasteiger partial charge is 0.480 e. The smallest absolute Gasteiger partial charge is 0.322 e. The third-order valence-electron chi connectivity index (χ3n) is 5.68. The molecule has 2 atom stereocenters. The predicted octanol–water partition coefficient (Wildman–Crippen LogP) is 4.87. The maximum absolute atomic E-state index is 11.8. The van der Waals surface area contributed by atoms with Crippen molar-refractivity contribution in [1.82, 2.24) is 4.90 Å². The number of benzene rings is 3. The van der Waals surface area contributed by atoms with E-state index in [1.54, 1.807) is 0 Å². The van der Waals surface area contributed by atoms with E-state index in [1.807, 2.05) is 36.4 Å². The van der Waals surface area contributed by atoms with Gasteiger partial charge in [0.2, 0.25) is 0 Å².